The lowest BCUT2D eigenvalue weighted by Crippen LogP contribution is -2.53. The number of allylic oxidation sites excluding steroid dienone is 2. The number of nitrogens with zero attached hydrogens (tertiary/aromatic N) is 6. The molecule has 0 saturated carbocycles. The number of carbonyl (C=O) groups excluding carboxylic acids is 1. The van der Waals surface area contributed by atoms with Crippen LogP contribution in [0.3, 0.4) is 0 Å². The summed E-state index contributed by atoms with van der Waals surface area (Å²) in [5.74, 6) is 2.43. The van der Waals surface area contributed by atoms with Gasteiger partial charge in [-0.3, -0.25) is 14.7 Å². The quantitative estimate of drug-likeness (QED) is 0.322. The van der Waals surface area contributed by atoms with Crippen molar-refractivity contribution >= 4 is 34.3 Å². The number of amides is 1. The number of pyridine rings is 1. The molecule has 0 spiro atoms. The smallest absolute Gasteiger partial charge is 0.248 e. The fourth-order valence-corrected chi connectivity index (χ4v) is 5.50. The van der Waals surface area contributed by atoms with Crippen molar-refractivity contribution in [1.29, 1.82) is 0 Å². The van der Waals surface area contributed by atoms with Crippen molar-refractivity contribution in [1.82, 2.24) is 25.0 Å². The van der Waals surface area contributed by atoms with Gasteiger partial charge < -0.3 is 25.2 Å². The highest BCUT2D eigenvalue weighted by Crippen LogP contribution is 2.31. The van der Waals surface area contributed by atoms with Crippen LogP contribution in [0.4, 0.5) is 5.69 Å². The van der Waals surface area contributed by atoms with Gasteiger partial charge >= 0.3 is 0 Å². The van der Waals surface area contributed by atoms with Crippen molar-refractivity contribution < 1.29 is 9.53 Å². The van der Waals surface area contributed by atoms with E-state index in [-0.39, 0.29) is 11.8 Å². The molecule has 3 aromatic rings. The van der Waals surface area contributed by atoms with Gasteiger partial charge in [0.15, 0.2) is 0 Å². The Morgan fingerprint density at radius 3 is 2.70 bits per heavy atom. The number of rotatable bonds is 9. The van der Waals surface area contributed by atoms with Crippen LogP contribution in [0.25, 0.3) is 22.0 Å². The average molecular weight is 621 g/mol. The first kappa shape index (κ1) is 32.6. The minimum atomic E-state index is -0.158. The average Bonchev–Trinajstić information content (AvgIpc) is 3.05. The predicted molar refractivity (Wildman–Crippen MR) is 187 cm³/mol. The highest BCUT2D eigenvalue weighted by atomic mass is 16.5. The molecule has 0 atom stereocenters. The highest BCUT2D eigenvalue weighted by Gasteiger charge is 2.27. The summed E-state index contributed by atoms with van der Waals surface area (Å²) in [7, 11) is 5.91. The summed E-state index contributed by atoms with van der Waals surface area (Å²) in [5.41, 5.74) is 4.72. The summed E-state index contributed by atoms with van der Waals surface area (Å²) in [4.78, 5) is 33.5. The van der Waals surface area contributed by atoms with E-state index in [9.17, 15) is 4.79 Å². The first-order chi connectivity index (χ1) is 22.2. The number of hydrogen-bond acceptors (Lipinski definition) is 7. The molecule has 2 N–H and O–H groups in total. The van der Waals surface area contributed by atoms with Crippen LogP contribution in [-0.4, -0.2) is 91.5 Å². The monoisotopic (exact) mass is 620 g/mol. The molecule has 10 heteroatoms. The number of guanidine groups is 2. The van der Waals surface area contributed by atoms with Gasteiger partial charge in [-0.15, -0.1) is 0 Å². The lowest BCUT2D eigenvalue weighted by atomic mass is 9.99. The second kappa shape index (κ2) is 15.0. The lowest BCUT2D eigenvalue weighted by Gasteiger charge is -2.37. The van der Waals surface area contributed by atoms with Crippen molar-refractivity contribution in [3.05, 3.63) is 96.5 Å². The van der Waals surface area contributed by atoms with Gasteiger partial charge in [0.05, 0.1) is 25.5 Å². The lowest BCUT2D eigenvalue weighted by molar-refractivity contribution is -0.111. The molecule has 0 unspecified atom stereocenters. The second-order valence-corrected chi connectivity index (χ2v) is 11.9. The van der Waals surface area contributed by atoms with Gasteiger partial charge in [-0.2, -0.15) is 4.99 Å². The van der Waals surface area contributed by atoms with Gasteiger partial charge in [0, 0.05) is 55.6 Å². The Labute approximate surface area is 271 Å². The molecule has 2 aliphatic heterocycles. The van der Waals surface area contributed by atoms with Crippen molar-refractivity contribution in [2.24, 2.45) is 15.9 Å². The SMILES string of the molecule is C=C/C(=C1/NC(N2CCOCC2)=NC(=NCc2ccccc2-c2nccc3cc(NC(=O)/C=C/CN(C)C)ccc23)N1C)C(C)C. The Balaban J connectivity index is 1.46. The van der Waals surface area contributed by atoms with Crippen LogP contribution in [0.1, 0.15) is 19.4 Å². The van der Waals surface area contributed by atoms with Crippen LogP contribution in [0.2, 0.25) is 0 Å². The number of carbonyl (C=O) groups is 1. The number of benzene rings is 2. The number of morpholine rings is 1. The summed E-state index contributed by atoms with van der Waals surface area (Å²) in [6.07, 6.45) is 7.12. The molecule has 2 aromatic carbocycles. The van der Waals surface area contributed by atoms with E-state index >= 15 is 0 Å². The predicted octanol–water partition coefficient (Wildman–Crippen LogP) is 5.09. The van der Waals surface area contributed by atoms with Crippen molar-refractivity contribution in [2.75, 3.05) is 59.3 Å². The molecule has 0 aliphatic carbocycles. The Bertz CT molecular complexity index is 1700. The number of aromatic nitrogens is 1. The number of likely N-dealkylation sites (N-methyl/N-ethyl adjacent to an activating group) is 1. The van der Waals surface area contributed by atoms with E-state index in [1.165, 1.54) is 0 Å². The Kier molecular flexibility index (Phi) is 10.6. The van der Waals surface area contributed by atoms with Gasteiger partial charge in [-0.1, -0.05) is 62.9 Å². The molecule has 1 saturated heterocycles. The molecular weight excluding hydrogens is 576 g/mol. The molecule has 1 aromatic heterocycles. The zero-order chi connectivity index (χ0) is 32.6. The maximum absolute atomic E-state index is 12.4. The fourth-order valence-electron chi connectivity index (χ4n) is 5.50. The minimum absolute atomic E-state index is 0.158. The molecular formula is C36H44N8O2. The molecule has 1 fully saturated rings. The van der Waals surface area contributed by atoms with E-state index in [4.69, 9.17) is 19.7 Å². The number of fused-ring (bicyclic) bond motifs is 1. The van der Waals surface area contributed by atoms with Crippen LogP contribution in [0, 0.1) is 5.92 Å². The largest absolute Gasteiger partial charge is 0.378 e. The van der Waals surface area contributed by atoms with E-state index in [0.29, 0.717) is 32.3 Å². The molecule has 46 heavy (non-hydrogen) atoms. The van der Waals surface area contributed by atoms with Gasteiger partial charge in [0.25, 0.3) is 0 Å². The van der Waals surface area contributed by atoms with E-state index < -0.39 is 0 Å². The summed E-state index contributed by atoms with van der Waals surface area (Å²) >= 11 is 0. The Hall–Kier alpha value is -4.80. The number of ether oxygens (including phenoxy) is 1. The highest BCUT2D eigenvalue weighted by molar-refractivity contribution is 6.03. The summed E-state index contributed by atoms with van der Waals surface area (Å²) in [6.45, 7) is 12.4. The summed E-state index contributed by atoms with van der Waals surface area (Å²) in [6, 6.07) is 16.1. The van der Waals surface area contributed by atoms with E-state index in [1.807, 2.05) is 85.7 Å². The molecule has 2 aliphatic rings. The van der Waals surface area contributed by atoms with Crippen LogP contribution in [-0.2, 0) is 16.1 Å². The van der Waals surface area contributed by atoms with Crippen LogP contribution < -0.4 is 10.6 Å². The Morgan fingerprint density at radius 2 is 1.96 bits per heavy atom. The third-order valence-corrected chi connectivity index (χ3v) is 7.93. The maximum atomic E-state index is 12.4. The van der Waals surface area contributed by atoms with Crippen LogP contribution in [0.5, 0.6) is 0 Å². The number of aliphatic imine (C=N–C) groups is 2. The maximum Gasteiger partial charge on any atom is 0.248 e. The molecule has 1 amide bonds. The topological polar surface area (TPSA) is 97.7 Å². The van der Waals surface area contributed by atoms with Gasteiger partial charge in [0.1, 0.15) is 5.82 Å². The first-order valence-electron chi connectivity index (χ1n) is 15.7. The van der Waals surface area contributed by atoms with Crippen LogP contribution in [0.15, 0.2) is 101 Å². The zero-order valence-electron chi connectivity index (χ0n) is 27.5. The second-order valence-electron chi connectivity index (χ2n) is 11.9. The summed E-state index contributed by atoms with van der Waals surface area (Å²) in [5, 5.41) is 8.50. The Morgan fingerprint density at radius 1 is 1.17 bits per heavy atom. The number of hydrogen-bond donors (Lipinski definition) is 2. The van der Waals surface area contributed by atoms with Gasteiger partial charge in [-0.05, 0) is 54.7 Å². The number of anilines is 1. The van der Waals surface area contributed by atoms with Gasteiger partial charge in [0.2, 0.25) is 17.8 Å². The van der Waals surface area contributed by atoms with Gasteiger partial charge in [-0.25, -0.2) is 4.99 Å². The third kappa shape index (κ3) is 7.70. The van der Waals surface area contributed by atoms with Crippen molar-refractivity contribution in [3.63, 3.8) is 0 Å². The zero-order valence-corrected chi connectivity index (χ0v) is 27.5. The van der Waals surface area contributed by atoms with E-state index in [0.717, 1.165) is 63.7 Å². The number of nitrogens with one attached hydrogen (secondary N) is 2. The molecule has 240 valence electrons. The van der Waals surface area contributed by atoms with Crippen molar-refractivity contribution in [2.45, 2.75) is 20.4 Å². The van der Waals surface area contributed by atoms with Crippen molar-refractivity contribution in [3.8, 4) is 11.3 Å². The normalized spacial score (nSPS) is 17.5. The van der Waals surface area contributed by atoms with E-state index in [2.05, 4.69) is 48.1 Å². The van der Waals surface area contributed by atoms with E-state index in [1.54, 1.807) is 6.08 Å². The molecule has 0 radical (unpaired) electrons. The molecule has 3 heterocycles. The molecule has 0 bridgehead atoms. The third-order valence-electron chi connectivity index (χ3n) is 7.93. The standard InChI is InChI=1S/C36H44N8O2/c1-7-29(25(2)3)34-40-36(44-19-21-46-22-20-44)41-35(43(34)6)38-24-27-11-8-9-12-30(27)33-31-15-14-28(23-26(31)16-17-37-33)39-32(45)13-10-18-42(4)5/h7-17,23,25H,1,18-22,24H2,2-6H3,(H,39,45)(H,38,40,41)/b13-10+,34-29+. The first-order valence-corrected chi connectivity index (χ1v) is 15.7. The summed E-state index contributed by atoms with van der Waals surface area (Å²) < 4.78 is 5.59. The van der Waals surface area contributed by atoms with Crippen LogP contribution >= 0.6 is 0 Å². The molecule has 10 nitrogen and oxygen atoms in total. The minimum Gasteiger partial charge on any atom is -0.378 e. The molecule has 5 rings (SSSR count). The fraction of sp³-hybridized carbons (Fsp3) is 0.333.